The lowest BCUT2D eigenvalue weighted by molar-refractivity contribution is 0.204. The van der Waals surface area contributed by atoms with E-state index in [1.165, 1.54) is 0 Å². The summed E-state index contributed by atoms with van der Waals surface area (Å²) in [6.45, 7) is 1.78. The molecular weight excluding hydrogens is 395 g/mol. The molecule has 2 heterocycles. The summed E-state index contributed by atoms with van der Waals surface area (Å²) < 4.78 is 36.4. The fraction of sp³-hybridized carbons (Fsp3) is 0.167. The third-order valence-electron chi connectivity index (χ3n) is 1.84. The number of hydrogen-bond donors (Lipinski definition) is 7. The molecule has 2 rings (SSSR count). The van der Waals surface area contributed by atoms with Crippen LogP contribution in [0, 0.1) is 6.92 Å². The molecule has 0 aliphatic rings. The normalized spacial score (nSPS) is 12.8. The summed E-state index contributed by atoms with van der Waals surface area (Å²) in [6.07, 6.45) is 1.55. The van der Waals surface area contributed by atoms with Gasteiger partial charge in [-0.1, -0.05) is 0 Å². The highest BCUT2D eigenvalue weighted by Gasteiger charge is 2.38. The molecular formula is C6H12N5O10P3. The van der Waals surface area contributed by atoms with E-state index >= 15 is 0 Å². The van der Waals surface area contributed by atoms with Gasteiger partial charge in [0.25, 0.3) is 0 Å². The first-order chi connectivity index (χ1) is 10.7. The first-order valence-electron chi connectivity index (χ1n) is 5.48. The van der Waals surface area contributed by atoms with Crippen LogP contribution in [0.4, 0.5) is 5.82 Å². The fourth-order valence-corrected chi connectivity index (χ4v) is 3.79. The Morgan fingerprint density at radius 1 is 1.04 bits per heavy atom. The van der Waals surface area contributed by atoms with E-state index in [0.29, 0.717) is 22.8 Å². The number of anilines is 1. The highest BCUT2D eigenvalue weighted by molar-refractivity contribution is 7.66. The summed E-state index contributed by atoms with van der Waals surface area (Å²) in [5.41, 5.74) is 6.90. The maximum absolute atomic E-state index is 10.4. The Labute approximate surface area is 133 Å². The second-order valence-corrected chi connectivity index (χ2v) is 8.08. The van der Waals surface area contributed by atoms with Crippen LogP contribution >= 0.6 is 23.5 Å². The molecule has 0 fully saturated rings. The van der Waals surface area contributed by atoms with E-state index in [-0.39, 0.29) is 0 Å². The van der Waals surface area contributed by atoms with Crippen LogP contribution < -0.4 is 5.73 Å². The van der Waals surface area contributed by atoms with Crippen LogP contribution in [0.3, 0.4) is 0 Å². The standard InChI is InChI=1S/C6H7N5.H5O10P3/c1-3-10-5(7)4-6(11-3)9-2-8-4;1-11(2,3)9-13(7,8)10-12(4,5)6/h2H,1H3,(H3,7,8,9,10,11);(H,7,8)(H2,1,2,3)(H2,4,5,6). The molecule has 0 saturated heterocycles. The molecule has 18 heteroatoms. The molecule has 0 radical (unpaired) electrons. The van der Waals surface area contributed by atoms with E-state index in [1.54, 1.807) is 13.3 Å². The summed E-state index contributed by atoms with van der Waals surface area (Å²) in [6, 6.07) is 0. The van der Waals surface area contributed by atoms with Gasteiger partial charge in [0, 0.05) is 0 Å². The van der Waals surface area contributed by atoms with Gasteiger partial charge in [0.1, 0.15) is 11.3 Å². The van der Waals surface area contributed by atoms with Crippen LogP contribution in [-0.2, 0) is 22.3 Å². The van der Waals surface area contributed by atoms with Crippen molar-refractivity contribution in [2.75, 3.05) is 5.73 Å². The van der Waals surface area contributed by atoms with E-state index in [2.05, 4.69) is 28.6 Å². The van der Waals surface area contributed by atoms with Crippen molar-refractivity contribution in [2.45, 2.75) is 6.92 Å². The smallest absolute Gasteiger partial charge is 0.382 e. The third-order valence-corrected chi connectivity index (χ3v) is 5.20. The van der Waals surface area contributed by atoms with E-state index in [4.69, 9.17) is 30.2 Å². The number of nitrogen functional groups attached to an aromatic ring is 1. The summed E-state index contributed by atoms with van der Waals surface area (Å²) >= 11 is 0. The van der Waals surface area contributed by atoms with Crippen LogP contribution in [0.5, 0.6) is 0 Å². The van der Waals surface area contributed by atoms with Crippen molar-refractivity contribution >= 4 is 40.4 Å². The third kappa shape index (κ3) is 7.55. The molecule has 136 valence electrons. The Bertz CT molecular complexity index is 828. The predicted octanol–water partition coefficient (Wildman–Crippen LogP) is -0.451. The lowest BCUT2D eigenvalue weighted by atomic mass is 10.5. The van der Waals surface area contributed by atoms with Crippen LogP contribution in [0.15, 0.2) is 6.33 Å². The van der Waals surface area contributed by atoms with Gasteiger partial charge in [0.05, 0.1) is 6.33 Å². The number of phosphoric acid groups is 3. The van der Waals surface area contributed by atoms with Gasteiger partial charge >= 0.3 is 23.5 Å². The van der Waals surface area contributed by atoms with E-state index in [1.807, 2.05) is 0 Å². The molecule has 0 atom stereocenters. The van der Waals surface area contributed by atoms with Gasteiger partial charge in [-0.25, -0.2) is 28.6 Å². The number of H-pyrrole nitrogens is 1. The van der Waals surface area contributed by atoms with Gasteiger partial charge < -0.3 is 35.2 Å². The Balaban J connectivity index is 0.000000242. The number of nitrogens with two attached hydrogens (primary N) is 1. The number of nitrogens with one attached hydrogen (secondary N) is 1. The summed E-state index contributed by atoms with van der Waals surface area (Å²) in [5.74, 6) is 1.09. The van der Waals surface area contributed by atoms with Crippen molar-refractivity contribution < 1.29 is 46.8 Å². The first kappa shape index (κ1) is 20.8. The number of rotatable bonds is 4. The van der Waals surface area contributed by atoms with Crippen LogP contribution in [0.1, 0.15) is 5.82 Å². The summed E-state index contributed by atoms with van der Waals surface area (Å²) in [5, 5.41) is 0. The molecule has 0 aliphatic heterocycles. The number of aryl methyl sites for hydroxylation is 1. The molecule has 0 spiro atoms. The topological polar surface area (TPSA) is 251 Å². The quantitative estimate of drug-likeness (QED) is 0.317. The lowest BCUT2D eigenvalue weighted by Gasteiger charge is -2.11. The van der Waals surface area contributed by atoms with Gasteiger partial charge in [-0.15, -0.1) is 0 Å². The minimum Gasteiger partial charge on any atom is -0.382 e. The lowest BCUT2D eigenvalue weighted by Crippen LogP contribution is -1.96. The zero-order chi connectivity index (χ0) is 18.8. The molecule has 0 aliphatic carbocycles. The molecule has 8 N–H and O–H groups in total. The monoisotopic (exact) mass is 407 g/mol. The van der Waals surface area contributed by atoms with Crippen LogP contribution in [0.25, 0.3) is 11.2 Å². The maximum atomic E-state index is 10.4. The minimum atomic E-state index is -5.46. The van der Waals surface area contributed by atoms with Crippen molar-refractivity contribution in [3.05, 3.63) is 12.2 Å². The molecule has 0 amide bonds. The van der Waals surface area contributed by atoms with Crippen molar-refractivity contribution in [3.8, 4) is 0 Å². The van der Waals surface area contributed by atoms with Gasteiger partial charge in [-0.05, 0) is 6.92 Å². The zero-order valence-corrected chi connectivity index (χ0v) is 14.3. The Kier molecular flexibility index (Phi) is 6.36. The van der Waals surface area contributed by atoms with Crippen LogP contribution in [-0.4, -0.2) is 44.4 Å². The van der Waals surface area contributed by atoms with Gasteiger partial charge in [0.2, 0.25) is 0 Å². The van der Waals surface area contributed by atoms with Gasteiger partial charge in [0.15, 0.2) is 11.5 Å². The summed E-state index contributed by atoms with van der Waals surface area (Å²) in [4.78, 5) is 55.0. The van der Waals surface area contributed by atoms with Crippen molar-refractivity contribution in [3.63, 3.8) is 0 Å². The number of aromatic nitrogens is 4. The molecule has 0 aromatic carbocycles. The number of aromatic amines is 1. The summed E-state index contributed by atoms with van der Waals surface area (Å²) in [7, 11) is -16.2. The van der Waals surface area contributed by atoms with Crippen molar-refractivity contribution in [1.29, 1.82) is 0 Å². The predicted molar refractivity (Wildman–Crippen MR) is 76.9 cm³/mol. The highest BCUT2D eigenvalue weighted by Crippen LogP contribution is 2.64. The van der Waals surface area contributed by atoms with Gasteiger partial charge in [-0.2, -0.15) is 8.62 Å². The Morgan fingerprint density at radius 2 is 1.54 bits per heavy atom. The molecule has 2 aromatic heterocycles. The number of imidazole rings is 1. The maximum Gasteiger partial charge on any atom is 0.490 e. The molecule has 0 saturated carbocycles. The molecule has 0 unspecified atom stereocenters. The van der Waals surface area contributed by atoms with Crippen LogP contribution in [0.2, 0.25) is 0 Å². The molecule has 0 bridgehead atoms. The average Bonchev–Trinajstić information content (AvgIpc) is 2.70. The zero-order valence-electron chi connectivity index (χ0n) is 11.6. The average molecular weight is 407 g/mol. The Morgan fingerprint density at radius 3 is 2.00 bits per heavy atom. The number of nitrogens with zero attached hydrogens (tertiary/aromatic N) is 3. The highest BCUT2D eigenvalue weighted by atomic mass is 31.3. The second kappa shape index (κ2) is 7.33. The Hall–Kier alpha value is -1.24. The fourth-order valence-electron chi connectivity index (χ4n) is 1.25. The second-order valence-electron chi connectivity index (χ2n) is 3.87. The van der Waals surface area contributed by atoms with E-state index < -0.39 is 23.5 Å². The van der Waals surface area contributed by atoms with Crippen molar-refractivity contribution in [1.82, 2.24) is 19.9 Å². The molecule has 2 aromatic rings. The minimum absolute atomic E-state index is 0.449. The van der Waals surface area contributed by atoms with Crippen molar-refractivity contribution in [2.24, 2.45) is 0 Å². The SMILES string of the molecule is Cc1nc(N)c2[nH]cnc2n1.O=P(O)(O)OP(=O)(O)OP(=O)(O)O. The van der Waals surface area contributed by atoms with Gasteiger partial charge in [-0.3, -0.25) is 0 Å². The molecule has 15 nitrogen and oxygen atoms in total. The largest absolute Gasteiger partial charge is 0.490 e. The number of hydrogen-bond acceptors (Lipinski definition) is 9. The first-order valence-corrected chi connectivity index (χ1v) is 10.0. The number of fused-ring (bicyclic) bond motifs is 1. The molecule has 24 heavy (non-hydrogen) atoms. The van der Waals surface area contributed by atoms with E-state index in [9.17, 15) is 13.7 Å². The van der Waals surface area contributed by atoms with E-state index in [0.717, 1.165) is 0 Å².